The molecular weight excluding hydrogens is 338 g/mol. The van der Waals surface area contributed by atoms with Crippen LogP contribution in [0.5, 0.6) is 0 Å². The molecule has 2 aromatic heterocycles. The highest BCUT2D eigenvalue weighted by atomic mass is 32.2. The van der Waals surface area contributed by atoms with Crippen molar-refractivity contribution < 1.29 is 14.7 Å². The minimum absolute atomic E-state index is 0.169. The Kier molecular flexibility index (Phi) is 6.18. The number of carbonyl (C=O) groups is 2. The van der Waals surface area contributed by atoms with E-state index in [9.17, 15) is 9.59 Å². The summed E-state index contributed by atoms with van der Waals surface area (Å²) in [7, 11) is 0. The van der Waals surface area contributed by atoms with Gasteiger partial charge in [0, 0.05) is 12.4 Å². The van der Waals surface area contributed by atoms with Gasteiger partial charge in [-0.05, 0) is 29.4 Å². The van der Waals surface area contributed by atoms with Gasteiger partial charge in [0.05, 0.1) is 29.9 Å². The third-order valence-corrected chi connectivity index (χ3v) is 4.22. The van der Waals surface area contributed by atoms with Crippen molar-refractivity contribution in [2.45, 2.75) is 13.3 Å². The third kappa shape index (κ3) is 5.11. The van der Waals surface area contributed by atoms with Gasteiger partial charge < -0.3 is 10.4 Å². The Morgan fingerprint density at radius 1 is 1.43 bits per heavy atom. The normalized spacial score (nSPS) is 11.3. The van der Waals surface area contributed by atoms with Gasteiger partial charge >= 0.3 is 5.97 Å². The summed E-state index contributed by atoms with van der Waals surface area (Å²) in [6, 6.07) is 0. The van der Waals surface area contributed by atoms with Crippen molar-refractivity contribution in [1.29, 1.82) is 0 Å². The first kappa shape index (κ1) is 17.0. The van der Waals surface area contributed by atoms with E-state index in [1.807, 2.05) is 0 Å². The molecule has 0 bridgehead atoms. The van der Waals surface area contributed by atoms with Crippen molar-refractivity contribution in [1.82, 2.24) is 24.9 Å². The molecule has 0 unspecified atom stereocenters. The summed E-state index contributed by atoms with van der Waals surface area (Å²) in [4.78, 5) is 31.3. The molecule has 0 aliphatic rings. The smallest absolute Gasteiger partial charge is 0.307 e. The molecule has 0 aliphatic heterocycles. The number of carboxylic acids is 1. The second kappa shape index (κ2) is 8.34. The molecule has 1 amide bonds. The molecule has 2 rings (SSSR count). The number of aliphatic carboxylic acids is 1. The Labute approximate surface area is 140 Å². The molecule has 0 aromatic carbocycles. The molecule has 10 heteroatoms. The maximum absolute atomic E-state index is 11.9. The number of nitrogens with one attached hydrogen (secondary N) is 1. The van der Waals surface area contributed by atoms with Gasteiger partial charge in [0.25, 0.3) is 5.91 Å². The maximum atomic E-state index is 11.9. The number of rotatable bonds is 7. The first-order chi connectivity index (χ1) is 11.1. The van der Waals surface area contributed by atoms with Crippen molar-refractivity contribution >= 4 is 40.7 Å². The Hall–Kier alpha value is -2.33. The highest BCUT2D eigenvalue weighted by Gasteiger charge is 2.12. The highest BCUT2D eigenvalue weighted by Crippen LogP contribution is 2.19. The molecule has 0 radical (unpaired) electrons. The minimum atomic E-state index is -0.960. The van der Waals surface area contributed by atoms with Gasteiger partial charge in [-0.2, -0.15) is 0 Å². The number of hydrogen-bond donors (Lipinski definition) is 2. The molecule has 0 saturated carbocycles. The second-order valence-electron chi connectivity index (χ2n) is 4.31. The van der Waals surface area contributed by atoms with Crippen LogP contribution in [0.4, 0.5) is 0 Å². The third-order valence-electron chi connectivity index (χ3n) is 2.63. The molecule has 2 aromatic rings. The summed E-state index contributed by atoms with van der Waals surface area (Å²) < 4.78 is 3.70. The zero-order valence-corrected chi connectivity index (χ0v) is 13.7. The number of carbonyl (C=O) groups excluding carboxylic acids is 1. The lowest BCUT2D eigenvalue weighted by Crippen LogP contribution is -2.22. The van der Waals surface area contributed by atoms with E-state index < -0.39 is 5.97 Å². The largest absolute Gasteiger partial charge is 0.481 e. The average Bonchev–Trinajstić information content (AvgIpc) is 2.97. The summed E-state index contributed by atoms with van der Waals surface area (Å²) >= 11 is 2.30. The predicted molar refractivity (Wildman–Crippen MR) is 86.8 cm³/mol. The number of thioether (sulfide) groups is 1. The van der Waals surface area contributed by atoms with Crippen LogP contribution in [0, 0.1) is 6.92 Å². The summed E-state index contributed by atoms with van der Waals surface area (Å²) in [5.41, 5.74) is 1.61. The summed E-state index contributed by atoms with van der Waals surface area (Å²) in [6.45, 7) is 1.71. The van der Waals surface area contributed by atoms with Crippen LogP contribution in [0.2, 0.25) is 0 Å². The van der Waals surface area contributed by atoms with E-state index in [2.05, 4.69) is 24.9 Å². The summed E-state index contributed by atoms with van der Waals surface area (Å²) in [5, 5.41) is 17.1. The highest BCUT2D eigenvalue weighted by molar-refractivity contribution is 8.02. The zero-order valence-electron chi connectivity index (χ0n) is 12.1. The van der Waals surface area contributed by atoms with E-state index in [0.29, 0.717) is 27.7 Å². The maximum Gasteiger partial charge on any atom is 0.307 e. The fourth-order valence-electron chi connectivity index (χ4n) is 1.59. The van der Waals surface area contributed by atoms with Gasteiger partial charge in [-0.1, -0.05) is 4.49 Å². The van der Waals surface area contributed by atoms with Gasteiger partial charge in [-0.25, -0.2) is 0 Å². The van der Waals surface area contributed by atoms with Crippen molar-refractivity contribution in [2.75, 3.05) is 5.88 Å². The quantitative estimate of drug-likeness (QED) is 0.570. The SMILES string of the molecule is Cc1nnsc1C(=O)NCSC=C(CC(=O)O)c1cnccn1. The molecule has 2 heterocycles. The van der Waals surface area contributed by atoms with Gasteiger partial charge in [-0.15, -0.1) is 16.9 Å². The van der Waals surface area contributed by atoms with E-state index in [4.69, 9.17) is 5.11 Å². The predicted octanol–water partition coefficient (Wildman–Crippen LogP) is 1.57. The Morgan fingerprint density at radius 3 is 2.87 bits per heavy atom. The van der Waals surface area contributed by atoms with Gasteiger partial charge in [-0.3, -0.25) is 19.6 Å². The van der Waals surface area contributed by atoms with Gasteiger partial charge in [0.1, 0.15) is 4.88 Å². The van der Waals surface area contributed by atoms with Crippen LogP contribution in [0.15, 0.2) is 24.0 Å². The molecule has 0 spiro atoms. The van der Waals surface area contributed by atoms with Crippen LogP contribution < -0.4 is 5.32 Å². The number of hydrogen-bond acceptors (Lipinski definition) is 8. The van der Waals surface area contributed by atoms with Crippen LogP contribution in [0.1, 0.15) is 27.5 Å². The summed E-state index contributed by atoms with van der Waals surface area (Å²) in [5.74, 6) is -0.921. The van der Waals surface area contributed by atoms with Crippen LogP contribution in [-0.2, 0) is 4.79 Å². The monoisotopic (exact) mass is 351 g/mol. The van der Waals surface area contributed by atoms with E-state index in [1.165, 1.54) is 30.4 Å². The fraction of sp³-hybridized carbons (Fsp3) is 0.231. The van der Waals surface area contributed by atoms with Crippen molar-refractivity contribution in [3.63, 3.8) is 0 Å². The zero-order chi connectivity index (χ0) is 16.7. The molecule has 0 saturated heterocycles. The average molecular weight is 351 g/mol. The van der Waals surface area contributed by atoms with Gasteiger partial charge in [0.15, 0.2) is 0 Å². The van der Waals surface area contributed by atoms with Crippen molar-refractivity contribution in [3.05, 3.63) is 40.3 Å². The number of aryl methyl sites for hydroxylation is 1. The minimum Gasteiger partial charge on any atom is -0.481 e. The Morgan fingerprint density at radius 2 is 2.26 bits per heavy atom. The van der Waals surface area contributed by atoms with Crippen molar-refractivity contribution in [3.8, 4) is 0 Å². The number of carboxylic acid groups (broad SMARTS) is 1. The molecule has 0 atom stereocenters. The van der Waals surface area contributed by atoms with Crippen LogP contribution in [0.25, 0.3) is 5.57 Å². The van der Waals surface area contributed by atoms with E-state index in [-0.39, 0.29) is 12.3 Å². The van der Waals surface area contributed by atoms with E-state index >= 15 is 0 Å². The molecule has 0 fully saturated rings. The lowest BCUT2D eigenvalue weighted by Gasteiger charge is -2.05. The molecule has 0 aliphatic carbocycles. The lowest BCUT2D eigenvalue weighted by atomic mass is 10.1. The Balaban J connectivity index is 1.94. The summed E-state index contributed by atoms with van der Waals surface area (Å²) in [6.07, 6.45) is 4.34. The van der Waals surface area contributed by atoms with Crippen LogP contribution in [0.3, 0.4) is 0 Å². The first-order valence-corrected chi connectivity index (χ1v) is 8.26. The molecule has 2 N–H and O–H groups in total. The Bertz CT molecular complexity index is 717. The van der Waals surface area contributed by atoms with Gasteiger partial charge in [0.2, 0.25) is 0 Å². The molecule has 120 valence electrons. The molecular formula is C13H13N5O3S2. The van der Waals surface area contributed by atoms with Crippen LogP contribution >= 0.6 is 23.3 Å². The van der Waals surface area contributed by atoms with E-state index in [0.717, 1.165) is 11.5 Å². The second-order valence-corrected chi connectivity index (χ2v) is 5.92. The number of nitrogens with zero attached hydrogens (tertiary/aromatic N) is 4. The molecule has 23 heavy (non-hydrogen) atoms. The lowest BCUT2D eigenvalue weighted by molar-refractivity contribution is -0.135. The van der Waals surface area contributed by atoms with E-state index in [1.54, 1.807) is 12.3 Å². The first-order valence-electron chi connectivity index (χ1n) is 6.44. The fourth-order valence-corrected chi connectivity index (χ4v) is 2.87. The van der Waals surface area contributed by atoms with Crippen LogP contribution in [-0.4, -0.2) is 42.4 Å². The number of aromatic nitrogens is 4. The van der Waals surface area contributed by atoms with Crippen molar-refractivity contribution in [2.24, 2.45) is 0 Å². The number of amides is 1. The molecule has 8 nitrogen and oxygen atoms in total. The standard InChI is InChI=1S/C13H13N5O3S2/c1-8-12(23-18-17-8)13(21)16-7-22-6-9(4-11(19)20)10-5-14-2-3-15-10/h2-3,5-6H,4,7H2,1H3,(H,16,21)(H,19,20). The topological polar surface area (TPSA) is 118 Å².